The molecule has 1 saturated heterocycles. The smallest absolute Gasteiger partial charge is 0.240 e. The Bertz CT molecular complexity index is 621. The second-order valence-corrected chi connectivity index (χ2v) is 5.19. The van der Waals surface area contributed by atoms with Gasteiger partial charge in [0, 0.05) is 44.6 Å². The lowest BCUT2D eigenvalue weighted by atomic mass is 10.3. The van der Waals surface area contributed by atoms with Crippen molar-refractivity contribution >= 4 is 17.7 Å². The van der Waals surface area contributed by atoms with Gasteiger partial charge in [0.2, 0.25) is 17.7 Å². The zero-order valence-corrected chi connectivity index (χ0v) is 12.4. The van der Waals surface area contributed by atoms with Crippen LogP contribution in [0.3, 0.4) is 0 Å². The lowest BCUT2D eigenvalue weighted by Crippen LogP contribution is -2.49. The van der Waals surface area contributed by atoms with Crippen molar-refractivity contribution in [1.29, 1.82) is 0 Å². The van der Waals surface area contributed by atoms with Crippen molar-refractivity contribution in [2.45, 2.75) is 6.92 Å². The Labute approximate surface area is 128 Å². The third-order valence-electron chi connectivity index (χ3n) is 3.47. The Morgan fingerprint density at radius 1 is 1.27 bits per heavy atom. The van der Waals surface area contributed by atoms with Crippen LogP contribution in [-0.4, -0.2) is 58.7 Å². The molecule has 2 aromatic heterocycles. The zero-order valence-electron chi connectivity index (χ0n) is 12.4. The summed E-state index contributed by atoms with van der Waals surface area (Å²) in [5.41, 5.74) is 0.742. The highest BCUT2D eigenvalue weighted by Crippen LogP contribution is 2.11. The standard InChI is InChI=1S/C14H18N6O2/c1-11-9-13(22-18-11)17-12(21)10-19-5-7-20(8-6-19)14-15-3-2-4-16-14/h2-4,9H,5-8,10H2,1H3,(H,17,21). The predicted octanol–water partition coefficient (Wildman–Crippen LogP) is 0.534. The molecule has 0 unspecified atom stereocenters. The van der Waals surface area contributed by atoms with Gasteiger partial charge in [-0.3, -0.25) is 15.0 Å². The van der Waals surface area contributed by atoms with Gasteiger partial charge in [0.05, 0.1) is 12.2 Å². The summed E-state index contributed by atoms with van der Waals surface area (Å²) >= 11 is 0. The summed E-state index contributed by atoms with van der Waals surface area (Å²) < 4.78 is 4.97. The Morgan fingerprint density at radius 3 is 2.64 bits per heavy atom. The number of anilines is 2. The van der Waals surface area contributed by atoms with Crippen LogP contribution in [0.4, 0.5) is 11.8 Å². The number of nitrogens with zero attached hydrogens (tertiary/aromatic N) is 5. The highest BCUT2D eigenvalue weighted by atomic mass is 16.5. The molecule has 0 radical (unpaired) electrons. The normalized spacial score (nSPS) is 15.8. The topological polar surface area (TPSA) is 87.4 Å². The molecule has 0 aromatic carbocycles. The number of rotatable bonds is 4. The lowest BCUT2D eigenvalue weighted by molar-refractivity contribution is -0.117. The van der Waals surface area contributed by atoms with E-state index in [9.17, 15) is 4.79 Å². The molecule has 1 aliphatic rings. The summed E-state index contributed by atoms with van der Waals surface area (Å²) in [4.78, 5) is 24.7. The van der Waals surface area contributed by atoms with Crippen molar-refractivity contribution < 1.29 is 9.32 Å². The van der Waals surface area contributed by atoms with Crippen molar-refractivity contribution in [2.24, 2.45) is 0 Å². The van der Waals surface area contributed by atoms with Crippen LogP contribution >= 0.6 is 0 Å². The third kappa shape index (κ3) is 3.59. The van der Waals surface area contributed by atoms with Crippen molar-refractivity contribution in [3.63, 3.8) is 0 Å². The van der Waals surface area contributed by atoms with Gasteiger partial charge in [-0.15, -0.1) is 0 Å². The van der Waals surface area contributed by atoms with Gasteiger partial charge in [-0.2, -0.15) is 0 Å². The molecule has 0 spiro atoms. The predicted molar refractivity (Wildman–Crippen MR) is 80.6 cm³/mol. The fraction of sp³-hybridized carbons (Fsp3) is 0.429. The number of aromatic nitrogens is 3. The number of carbonyl (C=O) groups is 1. The van der Waals surface area contributed by atoms with Gasteiger partial charge in [0.1, 0.15) is 0 Å². The van der Waals surface area contributed by atoms with E-state index in [4.69, 9.17) is 4.52 Å². The van der Waals surface area contributed by atoms with Crippen LogP contribution in [0.1, 0.15) is 5.69 Å². The Balaban J connectivity index is 1.46. The molecule has 1 N–H and O–H groups in total. The summed E-state index contributed by atoms with van der Waals surface area (Å²) in [6.45, 7) is 5.34. The van der Waals surface area contributed by atoms with Crippen LogP contribution in [-0.2, 0) is 4.79 Å². The highest BCUT2D eigenvalue weighted by molar-refractivity contribution is 5.90. The largest absolute Gasteiger partial charge is 0.338 e. The summed E-state index contributed by atoms with van der Waals surface area (Å²) in [7, 11) is 0. The van der Waals surface area contributed by atoms with Crippen molar-refractivity contribution in [3.8, 4) is 0 Å². The molecule has 3 heterocycles. The molecule has 8 nitrogen and oxygen atoms in total. The molecular formula is C14H18N6O2. The number of piperazine rings is 1. The van der Waals surface area contributed by atoms with Gasteiger partial charge in [-0.05, 0) is 13.0 Å². The molecule has 1 aliphatic heterocycles. The average molecular weight is 302 g/mol. The fourth-order valence-electron chi connectivity index (χ4n) is 2.36. The number of carbonyl (C=O) groups excluding carboxylic acids is 1. The fourth-order valence-corrected chi connectivity index (χ4v) is 2.36. The van der Waals surface area contributed by atoms with Gasteiger partial charge in [0.15, 0.2) is 0 Å². The first-order valence-corrected chi connectivity index (χ1v) is 7.18. The van der Waals surface area contributed by atoms with E-state index in [1.54, 1.807) is 24.5 Å². The van der Waals surface area contributed by atoms with E-state index < -0.39 is 0 Å². The maximum atomic E-state index is 12.0. The maximum Gasteiger partial charge on any atom is 0.240 e. The van der Waals surface area contributed by atoms with Crippen LogP contribution in [0.2, 0.25) is 0 Å². The monoisotopic (exact) mass is 302 g/mol. The van der Waals surface area contributed by atoms with E-state index in [1.807, 2.05) is 6.92 Å². The minimum atomic E-state index is -0.0967. The minimum Gasteiger partial charge on any atom is -0.338 e. The Kier molecular flexibility index (Phi) is 4.29. The van der Waals surface area contributed by atoms with E-state index in [0.717, 1.165) is 37.8 Å². The van der Waals surface area contributed by atoms with Crippen LogP contribution in [0.5, 0.6) is 0 Å². The molecule has 116 valence electrons. The first-order chi connectivity index (χ1) is 10.7. The quantitative estimate of drug-likeness (QED) is 0.881. The molecule has 1 amide bonds. The van der Waals surface area contributed by atoms with Gasteiger partial charge in [0.25, 0.3) is 0 Å². The second kappa shape index (κ2) is 6.52. The average Bonchev–Trinajstić information content (AvgIpc) is 2.94. The van der Waals surface area contributed by atoms with Crippen molar-refractivity contribution in [1.82, 2.24) is 20.0 Å². The van der Waals surface area contributed by atoms with Crippen LogP contribution in [0.25, 0.3) is 0 Å². The maximum absolute atomic E-state index is 12.0. The van der Waals surface area contributed by atoms with E-state index in [2.05, 4.69) is 30.2 Å². The summed E-state index contributed by atoms with van der Waals surface area (Å²) in [5.74, 6) is 1.03. The minimum absolute atomic E-state index is 0.0967. The zero-order chi connectivity index (χ0) is 15.4. The molecule has 0 bridgehead atoms. The molecule has 0 atom stereocenters. The van der Waals surface area contributed by atoms with Crippen molar-refractivity contribution in [2.75, 3.05) is 42.9 Å². The summed E-state index contributed by atoms with van der Waals surface area (Å²) in [6.07, 6.45) is 3.48. The van der Waals surface area contributed by atoms with Gasteiger partial charge in [-0.25, -0.2) is 9.97 Å². The van der Waals surface area contributed by atoms with Crippen LogP contribution in [0.15, 0.2) is 29.0 Å². The van der Waals surface area contributed by atoms with E-state index in [0.29, 0.717) is 12.4 Å². The molecular weight excluding hydrogens is 284 g/mol. The van der Waals surface area contributed by atoms with Crippen LogP contribution < -0.4 is 10.2 Å². The number of hydrogen-bond acceptors (Lipinski definition) is 7. The molecule has 22 heavy (non-hydrogen) atoms. The first-order valence-electron chi connectivity index (χ1n) is 7.18. The number of amides is 1. The highest BCUT2D eigenvalue weighted by Gasteiger charge is 2.20. The van der Waals surface area contributed by atoms with Crippen LogP contribution in [0, 0.1) is 6.92 Å². The van der Waals surface area contributed by atoms with E-state index in [-0.39, 0.29) is 5.91 Å². The molecule has 0 saturated carbocycles. The van der Waals surface area contributed by atoms with E-state index in [1.165, 1.54) is 0 Å². The Morgan fingerprint density at radius 2 is 2.00 bits per heavy atom. The van der Waals surface area contributed by atoms with Gasteiger partial charge in [-0.1, -0.05) is 5.16 Å². The van der Waals surface area contributed by atoms with Gasteiger partial charge < -0.3 is 9.42 Å². The molecule has 8 heteroatoms. The van der Waals surface area contributed by atoms with Gasteiger partial charge >= 0.3 is 0 Å². The van der Waals surface area contributed by atoms with E-state index >= 15 is 0 Å². The summed E-state index contributed by atoms with van der Waals surface area (Å²) in [6, 6.07) is 3.50. The lowest BCUT2D eigenvalue weighted by Gasteiger charge is -2.34. The van der Waals surface area contributed by atoms with Crippen molar-refractivity contribution in [3.05, 3.63) is 30.2 Å². The molecule has 1 fully saturated rings. The summed E-state index contributed by atoms with van der Waals surface area (Å²) in [5, 5.41) is 6.44. The molecule has 2 aromatic rings. The first kappa shape index (κ1) is 14.5. The molecule has 0 aliphatic carbocycles. The number of aryl methyl sites for hydroxylation is 1. The third-order valence-corrected chi connectivity index (χ3v) is 3.47. The molecule has 3 rings (SSSR count). The number of hydrogen-bond donors (Lipinski definition) is 1. The Hall–Kier alpha value is -2.48. The SMILES string of the molecule is Cc1cc(NC(=O)CN2CCN(c3ncccn3)CC2)on1. The second-order valence-electron chi connectivity index (χ2n) is 5.19. The number of nitrogens with one attached hydrogen (secondary N) is 1.